The van der Waals surface area contributed by atoms with E-state index in [1.807, 2.05) is 25.1 Å². The Balaban J connectivity index is 1.62. The van der Waals surface area contributed by atoms with E-state index in [1.165, 1.54) is 0 Å². The van der Waals surface area contributed by atoms with Crippen LogP contribution < -0.4 is 5.32 Å². The topological polar surface area (TPSA) is 56.2 Å². The maximum absolute atomic E-state index is 11.9. The van der Waals surface area contributed by atoms with Crippen molar-refractivity contribution in [3.05, 3.63) is 30.1 Å². The molecule has 3 rings (SSSR count). The number of nitrogens with one attached hydrogen (secondary N) is 1. The van der Waals surface area contributed by atoms with Gasteiger partial charge in [0, 0.05) is 19.7 Å². The average molecular weight is 273 g/mol. The van der Waals surface area contributed by atoms with E-state index in [9.17, 15) is 4.79 Å². The smallest absolute Gasteiger partial charge is 0.249 e. The summed E-state index contributed by atoms with van der Waals surface area (Å²) in [7, 11) is 0. The summed E-state index contributed by atoms with van der Waals surface area (Å²) in [6.07, 6.45) is 1.55. The quantitative estimate of drug-likeness (QED) is 0.921. The van der Waals surface area contributed by atoms with Gasteiger partial charge in [0.1, 0.15) is 11.9 Å². The molecule has 0 bridgehead atoms. The lowest BCUT2D eigenvalue weighted by Gasteiger charge is -2.11. The lowest BCUT2D eigenvalue weighted by molar-refractivity contribution is -0.130. The molecule has 1 aliphatic rings. The molecule has 0 radical (unpaired) electrons. The highest BCUT2D eigenvalue weighted by Gasteiger charge is 2.22. The van der Waals surface area contributed by atoms with Crippen molar-refractivity contribution in [3.63, 3.8) is 0 Å². The van der Waals surface area contributed by atoms with Gasteiger partial charge < -0.3 is 14.6 Å². The Labute approximate surface area is 117 Å². The van der Waals surface area contributed by atoms with Crippen molar-refractivity contribution in [1.29, 1.82) is 0 Å². The summed E-state index contributed by atoms with van der Waals surface area (Å²) in [5, 5.41) is 2.94. The van der Waals surface area contributed by atoms with Crippen LogP contribution in [-0.2, 0) is 16.1 Å². The molecule has 1 aromatic heterocycles. The summed E-state index contributed by atoms with van der Waals surface area (Å²) in [6, 6.07) is 8.05. The zero-order valence-corrected chi connectivity index (χ0v) is 11.6. The summed E-state index contributed by atoms with van der Waals surface area (Å²) in [5.41, 5.74) is 2.10. The zero-order chi connectivity index (χ0) is 13.9. The number of aryl methyl sites for hydroxylation is 1. The number of carbonyl (C=O) groups is 1. The van der Waals surface area contributed by atoms with E-state index in [0.29, 0.717) is 13.2 Å². The van der Waals surface area contributed by atoms with Crippen LogP contribution in [0, 0.1) is 6.92 Å². The molecule has 1 saturated heterocycles. The van der Waals surface area contributed by atoms with Crippen LogP contribution in [0.5, 0.6) is 0 Å². The normalized spacial score (nSPS) is 18.6. The average Bonchev–Trinajstić information content (AvgIpc) is 3.07. The maximum atomic E-state index is 11.9. The first kappa shape index (κ1) is 13.1. The number of aromatic nitrogens is 2. The number of para-hydroxylation sites is 2. The van der Waals surface area contributed by atoms with Crippen LogP contribution in [0.4, 0.5) is 0 Å². The zero-order valence-electron chi connectivity index (χ0n) is 11.6. The van der Waals surface area contributed by atoms with Gasteiger partial charge in [-0.1, -0.05) is 12.1 Å². The Hall–Kier alpha value is -1.88. The van der Waals surface area contributed by atoms with Crippen molar-refractivity contribution in [2.45, 2.75) is 32.4 Å². The van der Waals surface area contributed by atoms with Crippen LogP contribution in [0.2, 0.25) is 0 Å². The van der Waals surface area contributed by atoms with Crippen LogP contribution in [0.1, 0.15) is 18.7 Å². The molecule has 1 atom stereocenters. The van der Waals surface area contributed by atoms with Crippen molar-refractivity contribution in [1.82, 2.24) is 14.9 Å². The molecule has 106 valence electrons. The van der Waals surface area contributed by atoms with E-state index in [1.54, 1.807) is 0 Å². The van der Waals surface area contributed by atoms with Crippen molar-refractivity contribution >= 4 is 16.9 Å². The predicted octanol–water partition coefficient (Wildman–Crippen LogP) is 1.64. The van der Waals surface area contributed by atoms with E-state index in [4.69, 9.17) is 4.74 Å². The van der Waals surface area contributed by atoms with Gasteiger partial charge in [-0.2, -0.15) is 0 Å². The molecule has 0 spiro atoms. The van der Waals surface area contributed by atoms with Crippen LogP contribution >= 0.6 is 0 Å². The molecular formula is C15H19N3O2. The van der Waals surface area contributed by atoms with Crippen molar-refractivity contribution in [2.24, 2.45) is 0 Å². The van der Waals surface area contributed by atoms with Gasteiger partial charge in [-0.25, -0.2) is 4.98 Å². The number of carbonyl (C=O) groups excluding carboxylic acids is 1. The Morgan fingerprint density at radius 3 is 3.15 bits per heavy atom. The van der Waals surface area contributed by atoms with Gasteiger partial charge in [0.2, 0.25) is 5.91 Å². The lowest BCUT2D eigenvalue weighted by atomic mass is 10.2. The first-order chi connectivity index (χ1) is 9.75. The van der Waals surface area contributed by atoms with Crippen molar-refractivity contribution in [2.75, 3.05) is 13.2 Å². The fourth-order valence-corrected chi connectivity index (χ4v) is 2.67. The lowest BCUT2D eigenvalue weighted by Crippen LogP contribution is -2.36. The summed E-state index contributed by atoms with van der Waals surface area (Å²) < 4.78 is 7.50. The number of ether oxygens (including phenoxy) is 1. The number of imidazole rings is 1. The number of nitrogens with zero attached hydrogens (tertiary/aromatic N) is 2. The molecule has 1 N–H and O–H groups in total. The standard InChI is InChI=1S/C15H19N3O2/c1-11-17-12-5-2-3-6-13(12)18(11)9-8-16-15(19)14-7-4-10-20-14/h2-3,5-6,14H,4,7-10H2,1H3,(H,16,19). The number of hydrogen-bond donors (Lipinski definition) is 1. The van der Waals surface area contributed by atoms with Gasteiger partial charge in [0.25, 0.3) is 0 Å². The second kappa shape index (κ2) is 5.63. The molecule has 1 aliphatic heterocycles. The molecule has 1 unspecified atom stereocenters. The molecule has 5 heteroatoms. The molecule has 0 saturated carbocycles. The van der Waals surface area contributed by atoms with Gasteiger partial charge in [0.15, 0.2) is 0 Å². The Morgan fingerprint density at radius 1 is 1.50 bits per heavy atom. The molecule has 0 aliphatic carbocycles. The molecule has 1 aromatic carbocycles. The molecule has 2 heterocycles. The Bertz CT molecular complexity index is 615. The van der Waals surface area contributed by atoms with Crippen LogP contribution in [0.15, 0.2) is 24.3 Å². The van der Waals surface area contributed by atoms with E-state index >= 15 is 0 Å². The number of fused-ring (bicyclic) bond motifs is 1. The van der Waals surface area contributed by atoms with Crippen molar-refractivity contribution in [3.8, 4) is 0 Å². The highest BCUT2D eigenvalue weighted by atomic mass is 16.5. The SMILES string of the molecule is Cc1nc2ccccc2n1CCNC(=O)C1CCCO1. The van der Waals surface area contributed by atoms with E-state index in [-0.39, 0.29) is 12.0 Å². The third kappa shape index (κ3) is 2.54. The molecule has 5 nitrogen and oxygen atoms in total. The minimum atomic E-state index is -0.254. The number of rotatable bonds is 4. The number of hydrogen-bond acceptors (Lipinski definition) is 3. The van der Waals surface area contributed by atoms with Gasteiger partial charge in [-0.3, -0.25) is 4.79 Å². The second-order valence-corrected chi connectivity index (χ2v) is 5.09. The van der Waals surface area contributed by atoms with Gasteiger partial charge in [0.05, 0.1) is 11.0 Å². The summed E-state index contributed by atoms with van der Waals surface area (Å²) in [5.74, 6) is 0.974. The largest absolute Gasteiger partial charge is 0.368 e. The van der Waals surface area contributed by atoms with E-state index in [0.717, 1.165) is 36.2 Å². The monoisotopic (exact) mass is 273 g/mol. The van der Waals surface area contributed by atoms with Crippen molar-refractivity contribution < 1.29 is 9.53 Å². The summed E-state index contributed by atoms with van der Waals surface area (Å²) in [4.78, 5) is 16.4. The van der Waals surface area contributed by atoms with Gasteiger partial charge in [-0.15, -0.1) is 0 Å². The molecule has 1 amide bonds. The highest BCUT2D eigenvalue weighted by molar-refractivity contribution is 5.81. The molecule has 2 aromatic rings. The number of benzene rings is 1. The van der Waals surface area contributed by atoms with Crippen LogP contribution in [-0.4, -0.2) is 34.7 Å². The van der Waals surface area contributed by atoms with Gasteiger partial charge in [-0.05, 0) is 31.9 Å². The van der Waals surface area contributed by atoms with Crippen LogP contribution in [0.25, 0.3) is 11.0 Å². The maximum Gasteiger partial charge on any atom is 0.249 e. The first-order valence-electron chi connectivity index (χ1n) is 7.07. The minimum absolute atomic E-state index is 0.00424. The third-order valence-electron chi connectivity index (χ3n) is 3.70. The minimum Gasteiger partial charge on any atom is -0.368 e. The van der Waals surface area contributed by atoms with E-state index in [2.05, 4.69) is 20.9 Å². The second-order valence-electron chi connectivity index (χ2n) is 5.09. The fraction of sp³-hybridized carbons (Fsp3) is 0.467. The molecular weight excluding hydrogens is 254 g/mol. The predicted molar refractivity (Wildman–Crippen MR) is 76.5 cm³/mol. The summed E-state index contributed by atoms with van der Waals surface area (Å²) >= 11 is 0. The third-order valence-corrected chi connectivity index (χ3v) is 3.70. The first-order valence-corrected chi connectivity index (χ1v) is 7.07. The van der Waals surface area contributed by atoms with Crippen LogP contribution in [0.3, 0.4) is 0 Å². The molecule has 20 heavy (non-hydrogen) atoms. The Morgan fingerprint density at radius 2 is 2.35 bits per heavy atom. The van der Waals surface area contributed by atoms with Gasteiger partial charge >= 0.3 is 0 Å². The molecule has 1 fully saturated rings. The van der Waals surface area contributed by atoms with E-state index < -0.39 is 0 Å². The highest BCUT2D eigenvalue weighted by Crippen LogP contribution is 2.15. The number of amides is 1. The fourth-order valence-electron chi connectivity index (χ4n) is 2.67. The summed E-state index contributed by atoms with van der Waals surface area (Å²) in [6.45, 7) is 4.01. The Kier molecular flexibility index (Phi) is 3.69.